The minimum atomic E-state index is -0.381. The standard InChI is InChI=1S/C14H12FN3/c1-18(13-4-2-3-10(5-13)9-16)14-7-11(15)6-12(17)8-14/h2-8H,17H2,1H3. The van der Waals surface area contributed by atoms with Crippen molar-refractivity contribution in [2.75, 3.05) is 17.7 Å². The van der Waals surface area contributed by atoms with Crippen molar-refractivity contribution in [3.63, 3.8) is 0 Å². The highest BCUT2D eigenvalue weighted by Crippen LogP contribution is 2.26. The van der Waals surface area contributed by atoms with Crippen molar-refractivity contribution in [1.29, 1.82) is 5.26 Å². The van der Waals surface area contributed by atoms with E-state index in [0.29, 0.717) is 16.9 Å². The molecule has 0 radical (unpaired) electrons. The van der Waals surface area contributed by atoms with Crippen molar-refractivity contribution in [2.45, 2.75) is 0 Å². The van der Waals surface area contributed by atoms with Crippen LogP contribution in [0.25, 0.3) is 0 Å². The fraction of sp³-hybridized carbons (Fsp3) is 0.0714. The van der Waals surface area contributed by atoms with Gasteiger partial charge in [0, 0.05) is 24.1 Å². The monoisotopic (exact) mass is 241 g/mol. The van der Waals surface area contributed by atoms with Crippen LogP contribution in [0.4, 0.5) is 21.5 Å². The van der Waals surface area contributed by atoms with Gasteiger partial charge in [-0.15, -0.1) is 0 Å². The molecule has 0 aliphatic carbocycles. The van der Waals surface area contributed by atoms with Crippen molar-refractivity contribution in [1.82, 2.24) is 0 Å². The Labute approximate surface area is 105 Å². The summed E-state index contributed by atoms with van der Waals surface area (Å²) in [6.45, 7) is 0. The maximum Gasteiger partial charge on any atom is 0.127 e. The molecule has 4 heteroatoms. The molecular weight excluding hydrogens is 229 g/mol. The quantitative estimate of drug-likeness (QED) is 0.822. The second kappa shape index (κ2) is 4.76. The first-order valence-electron chi connectivity index (χ1n) is 5.40. The largest absolute Gasteiger partial charge is 0.399 e. The molecular formula is C14H12FN3. The zero-order valence-electron chi connectivity index (χ0n) is 9.89. The van der Waals surface area contributed by atoms with Crippen LogP contribution in [-0.4, -0.2) is 7.05 Å². The number of rotatable bonds is 2. The molecule has 18 heavy (non-hydrogen) atoms. The lowest BCUT2D eigenvalue weighted by Gasteiger charge is -2.20. The molecule has 0 saturated carbocycles. The molecule has 2 aromatic carbocycles. The van der Waals surface area contributed by atoms with Crippen LogP contribution in [0, 0.1) is 17.1 Å². The molecule has 0 aliphatic rings. The highest BCUT2D eigenvalue weighted by molar-refractivity contribution is 5.67. The van der Waals surface area contributed by atoms with Crippen molar-refractivity contribution in [3.8, 4) is 6.07 Å². The fourth-order valence-corrected chi connectivity index (χ4v) is 1.72. The van der Waals surface area contributed by atoms with Gasteiger partial charge in [-0.05, 0) is 36.4 Å². The maximum atomic E-state index is 13.3. The summed E-state index contributed by atoms with van der Waals surface area (Å²) in [5.74, 6) is -0.381. The highest BCUT2D eigenvalue weighted by atomic mass is 19.1. The van der Waals surface area contributed by atoms with Crippen molar-refractivity contribution < 1.29 is 4.39 Å². The Hall–Kier alpha value is -2.54. The van der Waals surface area contributed by atoms with Crippen LogP contribution >= 0.6 is 0 Å². The van der Waals surface area contributed by atoms with Crippen LogP contribution in [0.5, 0.6) is 0 Å². The lowest BCUT2D eigenvalue weighted by atomic mass is 10.2. The highest BCUT2D eigenvalue weighted by Gasteiger charge is 2.07. The van der Waals surface area contributed by atoms with Crippen LogP contribution in [0.2, 0.25) is 0 Å². The third-order valence-electron chi connectivity index (χ3n) is 2.65. The lowest BCUT2D eigenvalue weighted by Crippen LogP contribution is -2.10. The molecule has 0 unspecified atom stereocenters. The van der Waals surface area contributed by atoms with E-state index in [9.17, 15) is 4.39 Å². The number of nitrogen functional groups attached to an aromatic ring is 1. The molecule has 0 saturated heterocycles. The van der Waals surface area contributed by atoms with Gasteiger partial charge in [-0.2, -0.15) is 5.26 Å². The average molecular weight is 241 g/mol. The van der Waals surface area contributed by atoms with Gasteiger partial charge in [0.05, 0.1) is 11.6 Å². The molecule has 2 aromatic rings. The summed E-state index contributed by atoms with van der Waals surface area (Å²) in [6.07, 6.45) is 0. The molecule has 0 bridgehead atoms. The first kappa shape index (κ1) is 11.9. The Balaban J connectivity index is 2.41. The lowest BCUT2D eigenvalue weighted by molar-refractivity contribution is 0.628. The first-order chi connectivity index (χ1) is 8.60. The van der Waals surface area contributed by atoms with E-state index in [1.807, 2.05) is 6.07 Å². The van der Waals surface area contributed by atoms with Crippen LogP contribution in [0.3, 0.4) is 0 Å². The SMILES string of the molecule is CN(c1cc(N)cc(F)c1)c1cccc(C#N)c1. The Bertz CT molecular complexity index is 596. The van der Waals surface area contributed by atoms with Crippen LogP contribution in [0.15, 0.2) is 42.5 Å². The van der Waals surface area contributed by atoms with Gasteiger partial charge in [-0.25, -0.2) is 4.39 Å². The van der Waals surface area contributed by atoms with Gasteiger partial charge < -0.3 is 10.6 Å². The second-order valence-electron chi connectivity index (χ2n) is 3.96. The number of hydrogen-bond donors (Lipinski definition) is 1. The molecule has 0 fully saturated rings. The van der Waals surface area contributed by atoms with E-state index in [1.165, 1.54) is 12.1 Å². The minimum absolute atomic E-state index is 0.369. The third-order valence-corrected chi connectivity index (χ3v) is 2.65. The zero-order valence-corrected chi connectivity index (χ0v) is 9.89. The Morgan fingerprint density at radius 2 is 1.94 bits per heavy atom. The first-order valence-corrected chi connectivity index (χ1v) is 5.40. The van der Waals surface area contributed by atoms with E-state index in [4.69, 9.17) is 11.0 Å². The zero-order chi connectivity index (χ0) is 13.1. The van der Waals surface area contributed by atoms with Gasteiger partial charge in [-0.1, -0.05) is 6.07 Å². The average Bonchev–Trinajstić information content (AvgIpc) is 2.37. The van der Waals surface area contributed by atoms with E-state index in [0.717, 1.165) is 5.69 Å². The molecule has 0 amide bonds. The second-order valence-corrected chi connectivity index (χ2v) is 3.96. The molecule has 2 N–H and O–H groups in total. The van der Waals surface area contributed by atoms with Gasteiger partial charge in [0.2, 0.25) is 0 Å². The van der Waals surface area contributed by atoms with E-state index >= 15 is 0 Å². The normalized spacial score (nSPS) is 9.83. The fourth-order valence-electron chi connectivity index (χ4n) is 1.72. The summed E-state index contributed by atoms with van der Waals surface area (Å²) in [7, 11) is 1.80. The van der Waals surface area contributed by atoms with Crippen molar-refractivity contribution in [2.24, 2.45) is 0 Å². The van der Waals surface area contributed by atoms with Gasteiger partial charge >= 0.3 is 0 Å². The molecule has 0 aliphatic heterocycles. The number of halogens is 1. The molecule has 0 spiro atoms. The molecule has 0 atom stereocenters. The maximum absolute atomic E-state index is 13.3. The van der Waals surface area contributed by atoms with E-state index < -0.39 is 0 Å². The van der Waals surface area contributed by atoms with Crippen molar-refractivity contribution in [3.05, 3.63) is 53.8 Å². The Kier molecular flexibility index (Phi) is 3.16. The number of anilines is 3. The van der Waals surface area contributed by atoms with Gasteiger partial charge in [0.1, 0.15) is 5.82 Å². The molecule has 0 heterocycles. The van der Waals surface area contributed by atoms with Crippen molar-refractivity contribution >= 4 is 17.1 Å². The Morgan fingerprint density at radius 3 is 2.61 bits per heavy atom. The molecule has 3 nitrogen and oxygen atoms in total. The summed E-state index contributed by atoms with van der Waals surface area (Å²) >= 11 is 0. The van der Waals surface area contributed by atoms with Crippen LogP contribution in [-0.2, 0) is 0 Å². The molecule has 2 rings (SSSR count). The number of nitriles is 1. The summed E-state index contributed by atoms with van der Waals surface area (Å²) < 4.78 is 13.3. The van der Waals surface area contributed by atoms with Gasteiger partial charge in [0.25, 0.3) is 0 Å². The summed E-state index contributed by atoms with van der Waals surface area (Å²) in [6, 6.07) is 13.5. The number of nitrogens with zero attached hydrogens (tertiary/aromatic N) is 2. The minimum Gasteiger partial charge on any atom is -0.399 e. The predicted octanol–water partition coefficient (Wildman–Crippen LogP) is 3.05. The third kappa shape index (κ3) is 2.41. The number of nitrogens with two attached hydrogens (primary N) is 1. The van der Waals surface area contributed by atoms with Crippen LogP contribution < -0.4 is 10.6 Å². The van der Waals surface area contributed by atoms with Gasteiger partial charge in [-0.3, -0.25) is 0 Å². The number of hydrogen-bond acceptors (Lipinski definition) is 3. The Morgan fingerprint density at radius 1 is 1.17 bits per heavy atom. The molecule has 90 valence electrons. The summed E-state index contributed by atoms with van der Waals surface area (Å²) in [4.78, 5) is 1.78. The summed E-state index contributed by atoms with van der Waals surface area (Å²) in [5.41, 5.74) is 7.99. The van der Waals surface area contributed by atoms with Gasteiger partial charge in [0.15, 0.2) is 0 Å². The van der Waals surface area contributed by atoms with E-state index in [2.05, 4.69) is 6.07 Å². The molecule has 0 aromatic heterocycles. The summed E-state index contributed by atoms with van der Waals surface area (Å²) in [5, 5.41) is 8.85. The smallest absolute Gasteiger partial charge is 0.127 e. The number of benzene rings is 2. The van der Waals surface area contributed by atoms with E-state index in [1.54, 1.807) is 36.2 Å². The topological polar surface area (TPSA) is 53.0 Å². The van der Waals surface area contributed by atoms with E-state index in [-0.39, 0.29) is 5.82 Å². The van der Waals surface area contributed by atoms with Crippen LogP contribution in [0.1, 0.15) is 5.56 Å². The predicted molar refractivity (Wildman–Crippen MR) is 70.0 cm³/mol.